The summed E-state index contributed by atoms with van der Waals surface area (Å²) < 4.78 is 4.68. The Balaban J connectivity index is 1.88. The van der Waals surface area contributed by atoms with Gasteiger partial charge in [-0.2, -0.15) is 0 Å². The summed E-state index contributed by atoms with van der Waals surface area (Å²) in [6.45, 7) is 0.903. The Morgan fingerprint density at radius 3 is 2.50 bits per heavy atom. The summed E-state index contributed by atoms with van der Waals surface area (Å²) in [6, 6.07) is 0. The van der Waals surface area contributed by atoms with Crippen LogP contribution < -0.4 is 0 Å². The summed E-state index contributed by atoms with van der Waals surface area (Å²) >= 11 is 2.89. The van der Waals surface area contributed by atoms with Crippen molar-refractivity contribution < 1.29 is 3.83 Å². The Morgan fingerprint density at radius 1 is 1.67 bits per heavy atom. The highest BCUT2D eigenvalue weighted by atomic mass is 79.9. The van der Waals surface area contributed by atoms with Crippen molar-refractivity contribution >= 4 is 16.3 Å². The van der Waals surface area contributed by atoms with Gasteiger partial charge in [0.25, 0.3) is 0 Å². The maximum Gasteiger partial charge on any atom is 0.0987 e. The molecule has 0 aromatic heterocycles. The van der Waals surface area contributed by atoms with Gasteiger partial charge in [0.05, 0.1) is 22.9 Å². The normalized spacial score (nSPS) is 21.5. The van der Waals surface area contributed by atoms with E-state index in [1.54, 1.807) is 0 Å². The highest BCUT2D eigenvalue weighted by Crippen LogP contribution is 2.29. The molecule has 0 saturated heterocycles. The molecule has 0 amide bonds. The standard InChI is InChI=1S/C4H7BrO/c5-6-3-4-1-2-4/h4H,1-3H2. The molecule has 0 heterocycles. The molecule has 6 heavy (non-hydrogen) atoms. The number of hydrogen-bond donors (Lipinski definition) is 0. The van der Waals surface area contributed by atoms with Crippen molar-refractivity contribution in [2.24, 2.45) is 5.92 Å². The van der Waals surface area contributed by atoms with Gasteiger partial charge in [0.15, 0.2) is 0 Å². The lowest BCUT2D eigenvalue weighted by Crippen LogP contribution is -1.81. The molecule has 1 aliphatic carbocycles. The van der Waals surface area contributed by atoms with Gasteiger partial charge in [0.1, 0.15) is 0 Å². The predicted octanol–water partition coefficient (Wildman–Crippen LogP) is 1.72. The second kappa shape index (κ2) is 1.94. The van der Waals surface area contributed by atoms with E-state index in [-0.39, 0.29) is 0 Å². The van der Waals surface area contributed by atoms with Crippen LogP contribution in [0.3, 0.4) is 0 Å². The Morgan fingerprint density at radius 2 is 2.33 bits per heavy atom. The Hall–Kier alpha value is 0.440. The van der Waals surface area contributed by atoms with Crippen LogP contribution in [0, 0.1) is 5.92 Å². The maximum atomic E-state index is 4.68. The van der Waals surface area contributed by atoms with Crippen molar-refractivity contribution in [3.63, 3.8) is 0 Å². The van der Waals surface area contributed by atoms with Gasteiger partial charge >= 0.3 is 0 Å². The summed E-state index contributed by atoms with van der Waals surface area (Å²) in [7, 11) is 0. The van der Waals surface area contributed by atoms with E-state index >= 15 is 0 Å². The minimum atomic E-state index is 0.879. The average molecular weight is 151 g/mol. The molecule has 0 atom stereocenters. The maximum absolute atomic E-state index is 4.68. The first-order valence-corrected chi connectivity index (χ1v) is 2.82. The molecule has 0 radical (unpaired) electrons. The van der Waals surface area contributed by atoms with Crippen LogP contribution in [0.5, 0.6) is 0 Å². The Bertz CT molecular complexity index is 42.8. The van der Waals surface area contributed by atoms with Crippen molar-refractivity contribution in [3.8, 4) is 0 Å². The summed E-state index contributed by atoms with van der Waals surface area (Å²) in [5.74, 6) is 0.879. The zero-order chi connectivity index (χ0) is 4.41. The van der Waals surface area contributed by atoms with Crippen LogP contribution in [-0.4, -0.2) is 6.61 Å². The first kappa shape index (κ1) is 4.60. The van der Waals surface area contributed by atoms with Crippen molar-refractivity contribution in [1.82, 2.24) is 0 Å². The summed E-state index contributed by atoms with van der Waals surface area (Å²) in [5.41, 5.74) is 0. The molecule has 0 aromatic rings. The van der Waals surface area contributed by atoms with Crippen LogP contribution >= 0.6 is 16.3 Å². The zero-order valence-corrected chi connectivity index (χ0v) is 5.07. The van der Waals surface area contributed by atoms with E-state index in [0.717, 1.165) is 12.5 Å². The fraction of sp³-hybridized carbons (Fsp3) is 1.00. The van der Waals surface area contributed by atoms with Crippen LogP contribution in [0.25, 0.3) is 0 Å². The molecular formula is C4H7BrO. The third-order valence-electron chi connectivity index (χ3n) is 0.996. The van der Waals surface area contributed by atoms with Gasteiger partial charge < -0.3 is 3.83 Å². The fourth-order valence-corrected chi connectivity index (χ4v) is 0.747. The van der Waals surface area contributed by atoms with Crippen LogP contribution in [0.4, 0.5) is 0 Å². The first-order valence-electron chi connectivity index (χ1n) is 2.17. The number of hydrogen-bond acceptors (Lipinski definition) is 1. The van der Waals surface area contributed by atoms with Gasteiger partial charge in [0.2, 0.25) is 0 Å². The predicted molar refractivity (Wildman–Crippen MR) is 27.6 cm³/mol. The van der Waals surface area contributed by atoms with Crippen molar-refractivity contribution in [2.75, 3.05) is 6.61 Å². The molecule has 0 N–H and O–H groups in total. The summed E-state index contributed by atoms with van der Waals surface area (Å²) in [4.78, 5) is 0. The smallest absolute Gasteiger partial charge is 0.0987 e. The van der Waals surface area contributed by atoms with Crippen molar-refractivity contribution in [2.45, 2.75) is 12.8 Å². The van der Waals surface area contributed by atoms with Gasteiger partial charge in [-0.05, 0) is 18.8 Å². The lowest BCUT2D eigenvalue weighted by molar-refractivity contribution is 0.373. The largest absolute Gasteiger partial charge is 0.308 e. The van der Waals surface area contributed by atoms with E-state index in [9.17, 15) is 0 Å². The van der Waals surface area contributed by atoms with Gasteiger partial charge in [-0.1, -0.05) is 0 Å². The van der Waals surface area contributed by atoms with Crippen LogP contribution in [0.1, 0.15) is 12.8 Å². The van der Waals surface area contributed by atoms with E-state index in [4.69, 9.17) is 0 Å². The van der Waals surface area contributed by atoms with Gasteiger partial charge in [-0.15, -0.1) is 0 Å². The zero-order valence-electron chi connectivity index (χ0n) is 3.48. The highest BCUT2D eigenvalue weighted by molar-refractivity contribution is 9.06. The van der Waals surface area contributed by atoms with Gasteiger partial charge in [-0.3, -0.25) is 0 Å². The molecular weight excluding hydrogens is 144 g/mol. The topological polar surface area (TPSA) is 9.23 Å². The Kier molecular flexibility index (Phi) is 1.48. The van der Waals surface area contributed by atoms with Crippen LogP contribution in [0.2, 0.25) is 0 Å². The lowest BCUT2D eigenvalue weighted by Gasteiger charge is -1.83. The second-order valence-corrected chi connectivity index (χ2v) is 2.18. The molecule has 0 spiro atoms. The molecule has 0 aliphatic heterocycles. The van der Waals surface area contributed by atoms with Crippen LogP contribution in [0.15, 0.2) is 0 Å². The Labute approximate surface area is 46.1 Å². The molecule has 1 nitrogen and oxygen atoms in total. The van der Waals surface area contributed by atoms with Crippen molar-refractivity contribution in [3.05, 3.63) is 0 Å². The second-order valence-electron chi connectivity index (χ2n) is 1.72. The molecule has 0 bridgehead atoms. The molecule has 2 heteroatoms. The van der Waals surface area contributed by atoms with Crippen LogP contribution in [-0.2, 0) is 3.83 Å². The monoisotopic (exact) mass is 150 g/mol. The third kappa shape index (κ3) is 1.27. The van der Waals surface area contributed by atoms with E-state index in [0.29, 0.717) is 0 Å². The van der Waals surface area contributed by atoms with Crippen molar-refractivity contribution in [1.29, 1.82) is 0 Å². The summed E-state index contributed by atoms with van der Waals surface area (Å²) in [5, 5.41) is 0. The van der Waals surface area contributed by atoms with E-state index in [1.807, 2.05) is 0 Å². The molecule has 0 unspecified atom stereocenters. The number of rotatable bonds is 2. The quantitative estimate of drug-likeness (QED) is 0.583. The molecule has 1 saturated carbocycles. The SMILES string of the molecule is BrOCC1CC1. The lowest BCUT2D eigenvalue weighted by atomic mass is 10.5. The molecule has 36 valence electrons. The molecule has 1 rings (SSSR count). The van der Waals surface area contributed by atoms with E-state index in [2.05, 4.69) is 20.1 Å². The minimum absolute atomic E-state index is 0.879. The fourth-order valence-electron chi connectivity index (χ4n) is 0.374. The average Bonchev–Trinajstić information content (AvgIpc) is 2.21. The molecule has 0 aromatic carbocycles. The first-order chi connectivity index (χ1) is 2.93. The van der Waals surface area contributed by atoms with Gasteiger partial charge in [0, 0.05) is 0 Å². The third-order valence-corrected chi connectivity index (χ3v) is 1.26. The van der Waals surface area contributed by atoms with E-state index in [1.165, 1.54) is 12.8 Å². The minimum Gasteiger partial charge on any atom is -0.308 e. The summed E-state index contributed by atoms with van der Waals surface area (Å²) in [6.07, 6.45) is 2.73. The number of halogens is 1. The molecule has 1 aliphatic rings. The highest BCUT2D eigenvalue weighted by Gasteiger charge is 2.20. The molecule has 1 fully saturated rings. The van der Waals surface area contributed by atoms with Gasteiger partial charge in [-0.25, -0.2) is 0 Å². The van der Waals surface area contributed by atoms with E-state index < -0.39 is 0 Å².